The first-order valence-electron chi connectivity index (χ1n) is 15.4. The summed E-state index contributed by atoms with van der Waals surface area (Å²) in [5.74, 6) is -0.0827. The van der Waals surface area contributed by atoms with Crippen molar-refractivity contribution in [1.29, 1.82) is 0 Å². The highest BCUT2D eigenvalue weighted by molar-refractivity contribution is 7.89. The largest absolute Gasteiger partial charge is 0.370 e. The van der Waals surface area contributed by atoms with Gasteiger partial charge < -0.3 is 14.2 Å². The summed E-state index contributed by atoms with van der Waals surface area (Å²) in [6.45, 7) is 11.3. The highest BCUT2D eigenvalue weighted by Gasteiger charge is 2.39. The van der Waals surface area contributed by atoms with Gasteiger partial charge in [0.2, 0.25) is 15.9 Å². The summed E-state index contributed by atoms with van der Waals surface area (Å²) in [6.07, 6.45) is 6.18. The first kappa shape index (κ1) is 32.7. The Hall–Kier alpha value is -1.66. The summed E-state index contributed by atoms with van der Waals surface area (Å²) < 4.78 is 37.4. The van der Waals surface area contributed by atoms with Crippen molar-refractivity contribution in [2.75, 3.05) is 53.0 Å². The Morgan fingerprint density at radius 2 is 1.81 bits per heavy atom. The van der Waals surface area contributed by atoms with Gasteiger partial charge in [-0.2, -0.15) is 4.31 Å². The van der Waals surface area contributed by atoms with Crippen LogP contribution in [0.3, 0.4) is 0 Å². The Balaban J connectivity index is 1.22. The lowest BCUT2D eigenvalue weighted by Gasteiger charge is -2.44. The topological polar surface area (TPSA) is 78.3 Å². The molecule has 43 heavy (non-hydrogen) atoms. The number of sulfonamides is 1. The molecule has 0 spiro atoms. The number of carbonyl (C=O) groups excluding carboxylic acids is 1. The van der Waals surface area contributed by atoms with Crippen molar-refractivity contribution in [1.82, 2.24) is 23.6 Å². The fourth-order valence-corrected chi connectivity index (χ4v) is 9.61. The van der Waals surface area contributed by atoms with Gasteiger partial charge in [-0.05, 0) is 70.2 Å². The van der Waals surface area contributed by atoms with Gasteiger partial charge in [0.25, 0.3) is 0 Å². The number of benzene rings is 1. The van der Waals surface area contributed by atoms with Gasteiger partial charge in [-0.3, -0.25) is 14.6 Å². The number of amides is 1. The summed E-state index contributed by atoms with van der Waals surface area (Å²) in [5, 5.41) is 0.207. The molecule has 1 unspecified atom stereocenters. The molecule has 2 aromatic rings. The van der Waals surface area contributed by atoms with Crippen molar-refractivity contribution in [2.45, 2.75) is 82.1 Å². The molecule has 0 bridgehead atoms. The van der Waals surface area contributed by atoms with E-state index >= 15 is 0 Å². The average molecular weight is 655 g/mol. The van der Waals surface area contributed by atoms with Gasteiger partial charge in [0.15, 0.2) is 0 Å². The number of halogens is 2. The zero-order valence-corrected chi connectivity index (χ0v) is 28.0. The van der Waals surface area contributed by atoms with E-state index in [9.17, 15) is 13.2 Å². The Morgan fingerprint density at radius 1 is 1.07 bits per heavy atom. The molecule has 12 heteroatoms. The Labute approximate surface area is 266 Å². The summed E-state index contributed by atoms with van der Waals surface area (Å²) in [4.78, 5) is 20.2. The van der Waals surface area contributed by atoms with Gasteiger partial charge in [0, 0.05) is 76.3 Å². The number of piperazine rings is 1. The van der Waals surface area contributed by atoms with Crippen LogP contribution in [0.4, 0.5) is 0 Å². The van der Waals surface area contributed by atoms with Gasteiger partial charge >= 0.3 is 0 Å². The third-order valence-electron chi connectivity index (χ3n) is 9.58. The maximum Gasteiger partial charge on any atom is 0.248 e. The number of nitrogens with zero attached hydrogens (tertiary/aromatic N) is 5. The standard InChI is InChI=1S/C31H45Cl2N5O4S/c1-22(2)35-13-15-36(16-14-35)25-8-5-7-24(19-25)34(4)29(39)21-42-20-28-27-9-6-12-37(27)17-18-38(28)43(40,41)31-26(32)11-10-23(3)30(31)33/h6,9-12,22,24-25,28H,5,7-8,13-21H2,1-4H3/t24-,25+,28?/m1/s1. The molecule has 1 aliphatic carbocycles. The molecule has 2 aliphatic heterocycles. The van der Waals surface area contributed by atoms with Crippen LogP contribution in [0.25, 0.3) is 0 Å². The first-order valence-corrected chi connectivity index (χ1v) is 17.6. The molecule has 1 aromatic carbocycles. The zero-order valence-electron chi connectivity index (χ0n) is 25.7. The number of hydrogen-bond acceptors (Lipinski definition) is 6. The summed E-state index contributed by atoms with van der Waals surface area (Å²) >= 11 is 12.9. The second-order valence-electron chi connectivity index (χ2n) is 12.4. The minimum absolute atomic E-state index is 0.0390. The maximum absolute atomic E-state index is 14.0. The van der Waals surface area contributed by atoms with E-state index in [0.717, 1.165) is 51.1 Å². The molecular formula is C31H45Cl2N5O4S. The van der Waals surface area contributed by atoms with E-state index in [4.69, 9.17) is 27.9 Å². The normalized spacial score (nSPS) is 24.3. The predicted molar refractivity (Wildman–Crippen MR) is 170 cm³/mol. The van der Waals surface area contributed by atoms with E-state index in [1.165, 1.54) is 10.7 Å². The molecule has 3 aliphatic rings. The minimum atomic E-state index is -4.05. The van der Waals surface area contributed by atoms with Crippen LogP contribution in [0, 0.1) is 6.92 Å². The number of hydrogen-bond donors (Lipinski definition) is 0. The molecule has 9 nitrogen and oxygen atoms in total. The first-order chi connectivity index (χ1) is 20.5. The molecule has 0 radical (unpaired) electrons. The van der Waals surface area contributed by atoms with Crippen molar-refractivity contribution in [2.24, 2.45) is 0 Å². The highest BCUT2D eigenvalue weighted by Crippen LogP contribution is 2.38. The number of aryl methyl sites for hydroxylation is 1. The molecule has 3 atom stereocenters. The van der Waals surface area contributed by atoms with Gasteiger partial charge in [-0.15, -0.1) is 0 Å². The molecule has 1 saturated carbocycles. The summed E-state index contributed by atoms with van der Waals surface area (Å²) in [5.41, 5.74) is 1.44. The number of carbonyl (C=O) groups is 1. The van der Waals surface area contributed by atoms with E-state index < -0.39 is 16.1 Å². The second-order valence-corrected chi connectivity index (χ2v) is 15.0. The fraction of sp³-hybridized carbons (Fsp3) is 0.645. The van der Waals surface area contributed by atoms with Crippen LogP contribution < -0.4 is 0 Å². The van der Waals surface area contributed by atoms with Gasteiger partial charge in [0.05, 0.1) is 22.7 Å². The number of ether oxygens (including phenoxy) is 1. The molecule has 3 heterocycles. The smallest absolute Gasteiger partial charge is 0.248 e. The van der Waals surface area contributed by atoms with E-state index in [1.54, 1.807) is 19.1 Å². The van der Waals surface area contributed by atoms with Gasteiger partial charge in [-0.1, -0.05) is 29.3 Å². The van der Waals surface area contributed by atoms with Crippen molar-refractivity contribution in [3.63, 3.8) is 0 Å². The minimum Gasteiger partial charge on any atom is -0.370 e. The van der Waals surface area contributed by atoms with Crippen LogP contribution in [-0.2, 0) is 26.1 Å². The Bertz CT molecular complexity index is 1390. The van der Waals surface area contributed by atoms with Gasteiger partial charge in [0.1, 0.15) is 11.5 Å². The lowest BCUT2D eigenvalue weighted by molar-refractivity contribution is -0.138. The summed E-state index contributed by atoms with van der Waals surface area (Å²) in [7, 11) is -2.18. The number of rotatable bonds is 9. The summed E-state index contributed by atoms with van der Waals surface area (Å²) in [6, 6.07) is 7.68. The molecule has 0 N–H and O–H groups in total. The van der Waals surface area contributed by atoms with Crippen LogP contribution in [0.1, 0.15) is 56.8 Å². The molecule has 2 fully saturated rings. The molecule has 5 rings (SSSR count). The third kappa shape index (κ3) is 6.95. The molecule has 1 amide bonds. The zero-order chi connectivity index (χ0) is 30.9. The fourth-order valence-electron chi connectivity index (χ4n) is 6.89. The number of likely N-dealkylation sites (N-methyl/N-ethyl adjacent to an activating group) is 1. The second kappa shape index (κ2) is 13.8. The van der Waals surface area contributed by atoms with E-state index in [2.05, 4.69) is 23.6 Å². The van der Waals surface area contributed by atoms with Crippen LogP contribution in [-0.4, -0.2) is 109 Å². The lowest BCUT2D eigenvalue weighted by atomic mass is 9.88. The number of aromatic nitrogens is 1. The van der Waals surface area contributed by atoms with E-state index in [1.807, 2.05) is 34.8 Å². The van der Waals surface area contributed by atoms with Crippen LogP contribution in [0.15, 0.2) is 35.4 Å². The maximum atomic E-state index is 14.0. The van der Waals surface area contributed by atoms with Crippen LogP contribution in [0.2, 0.25) is 10.0 Å². The van der Waals surface area contributed by atoms with Crippen molar-refractivity contribution in [3.8, 4) is 0 Å². The van der Waals surface area contributed by atoms with Crippen molar-refractivity contribution >= 4 is 39.1 Å². The average Bonchev–Trinajstić information content (AvgIpc) is 3.48. The van der Waals surface area contributed by atoms with Crippen molar-refractivity contribution < 1.29 is 17.9 Å². The van der Waals surface area contributed by atoms with Crippen LogP contribution in [0.5, 0.6) is 0 Å². The molecule has 1 aromatic heterocycles. The van der Waals surface area contributed by atoms with Crippen LogP contribution >= 0.6 is 23.2 Å². The highest BCUT2D eigenvalue weighted by atomic mass is 35.5. The Kier molecular flexibility index (Phi) is 10.5. The lowest BCUT2D eigenvalue weighted by Crippen LogP contribution is -2.54. The monoisotopic (exact) mass is 653 g/mol. The SMILES string of the molecule is Cc1ccc(Cl)c(S(=O)(=O)N2CCn3cccc3C2COCC(=O)N(C)[C@@H]2CCC[C@H](N3CCN(C(C)C)CC3)C2)c1Cl. The van der Waals surface area contributed by atoms with E-state index in [-0.39, 0.29) is 46.6 Å². The van der Waals surface area contributed by atoms with E-state index in [0.29, 0.717) is 24.2 Å². The molecular weight excluding hydrogens is 609 g/mol. The Morgan fingerprint density at radius 3 is 2.53 bits per heavy atom. The predicted octanol–water partition coefficient (Wildman–Crippen LogP) is 4.66. The molecule has 1 saturated heterocycles. The number of fused-ring (bicyclic) bond motifs is 1. The van der Waals surface area contributed by atoms with Gasteiger partial charge in [-0.25, -0.2) is 8.42 Å². The molecule has 238 valence electrons. The quantitative estimate of drug-likeness (QED) is 0.392. The third-order valence-corrected chi connectivity index (χ3v) is 12.6. The van der Waals surface area contributed by atoms with Crippen molar-refractivity contribution in [3.05, 3.63) is 51.8 Å².